The lowest BCUT2D eigenvalue weighted by molar-refractivity contribution is -0.154. The SMILES string of the molecule is CN=C(NCCCCCCC(=O)OC(C)(C)C)NCc1ccco1. The molecule has 6 nitrogen and oxygen atoms in total. The maximum atomic E-state index is 11.6. The molecule has 0 saturated heterocycles. The Morgan fingerprint density at radius 2 is 1.96 bits per heavy atom. The lowest BCUT2D eigenvalue weighted by Crippen LogP contribution is -2.37. The number of nitrogens with zero attached hydrogens (tertiary/aromatic N) is 1. The number of carbonyl (C=O) groups is 1. The van der Waals surface area contributed by atoms with E-state index >= 15 is 0 Å². The van der Waals surface area contributed by atoms with Crippen LogP contribution in [0.3, 0.4) is 0 Å². The zero-order chi connectivity index (χ0) is 17.8. The summed E-state index contributed by atoms with van der Waals surface area (Å²) in [5.74, 6) is 1.53. The van der Waals surface area contributed by atoms with Crippen LogP contribution in [0.25, 0.3) is 0 Å². The number of rotatable bonds is 9. The summed E-state index contributed by atoms with van der Waals surface area (Å²) in [4.78, 5) is 15.7. The molecule has 0 amide bonds. The smallest absolute Gasteiger partial charge is 0.306 e. The Balaban J connectivity index is 2.01. The van der Waals surface area contributed by atoms with Crippen LogP contribution in [0, 0.1) is 0 Å². The van der Waals surface area contributed by atoms with Gasteiger partial charge in [0.05, 0.1) is 12.8 Å². The largest absolute Gasteiger partial charge is 0.467 e. The van der Waals surface area contributed by atoms with Crippen molar-refractivity contribution >= 4 is 11.9 Å². The van der Waals surface area contributed by atoms with Crippen molar-refractivity contribution in [2.24, 2.45) is 4.99 Å². The van der Waals surface area contributed by atoms with E-state index in [1.165, 1.54) is 0 Å². The molecule has 1 aromatic heterocycles. The summed E-state index contributed by atoms with van der Waals surface area (Å²) in [6, 6.07) is 3.79. The van der Waals surface area contributed by atoms with Gasteiger partial charge in [0.15, 0.2) is 5.96 Å². The molecule has 6 heteroatoms. The number of unbranched alkanes of at least 4 members (excludes halogenated alkanes) is 3. The predicted molar refractivity (Wildman–Crippen MR) is 95.8 cm³/mol. The standard InChI is InChI=1S/C18H31N3O3/c1-18(2,3)24-16(22)11-7-5-6-8-12-20-17(19-4)21-14-15-10-9-13-23-15/h9-10,13H,5-8,11-12,14H2,1-4H3,(H2,19,20,21). The Hall–Kier alpha value is -1.98. The second kappa shape index (κ2) is 10.7. The van der Waals surface area contributed by atoms with Crippen molar-refractivity contribution in [3.8, 4) is 0 Å². The van der Waals surface area contributed by atoms with Crippen molar-refractivity contribution in [2.45, 2.75) is 65.0 Å². The van der Waals surface area contributed by atoms with E-state index < -0.39 is 0 Å². The van der Waals surface area contributed by atoms with Crippen molar-refractivity contribution in [3.63, 3.8) is 0 Å². The summed E-state index contributed by atoms with van der Waals surface area (Å²) in [5.41, 5.74) is -0.389. The molecule has 0 aromatic carbocycles. The average Bonchev–Trinajstić information content (AvgIpc) is 3.00. The van der Waals surface area contributed by atoms with Gasteiger partial charge in [0.25, 0.3) is 0 Å². The van der Waals surface area contributed by atoms with E-state index in [2.05, 4.69) is 15.6 Å². The van der Waals surface area contributed by atoms with E-state index in [1.54, 1.807) is 13.3 Å². The zero-order valence-corrected chi connectivity index (χ0v) is 15.4. The summed E-state index contributed by atoms with van der Waals surface area (Å²) in [6.07, 6.45) is 6.17. The molecule has 0 spiro atoms. The number of carbonyl (C=O) groups excluding carboxylic acids is 1. The van der Waals surface area contributed by atoms with Gasteiger partial charge in [-0.1, -0.05) is 12.8 Å². The third kappa shape index (κ3) is 9.92. The summed E-state index contributed by atoms with van der Waals surface area (Å²) >= 11 is 0. The van der Waals surface area contributed by atoms with Gasteiger partial charge in [-0.15, -0.1) is 0 Å². The van der Waals surface area contributed by atoms with Crippen LogP contribution in [0.1, 0.15) is 58.6 Å². The van der Waals surface area contributed by atoms with Crippen LogP contribution in [0.15, 0.2) is 27.8 Å². The van der Waals surface area contributed by atoms with Gasteiger partial charge in [-0.05, 0) is 45.7 Å². The van der Waals surface area contributed by atoms with Crippen LogP contribution >= 0.6 is 0 Å². The first kappa shape index (κ1) is 20.1. The van der Waals surface area contributed by atoms with Gasteiger partial charge in [0.2, 0.25) is 0 Å². The fourth-order valence-electron chi connectivity index (χ4n) is 2.15. The van der Waals surface area contributed by atoms with Crippen LogP contribution in [-0.4, -0.2) is 31.1 Å². The third-order valence-corrected chi connectivity index (χ3v) is 3.25. The van der Waals surface area contributed by atoms with Crippen molar-refractivity contribution in [1.82, 2.24) is 10.6 Å². The predicted octanol–water partition coefficient (Wildman–Crippen LogP) is 3.24. The van der Waals surface area contributed by atoms with Gasteiger partial charge in [-0.2, -0.15) is 0 Å². The monoisotopic (exact) mass is 337 g/mol. The minimum atomic E-state index is -0.389. The first-order chi connectivity index (χ1) is 11.4. The second-order valence-corrected chi connectivity index (χ2v) is 6.68. The van der Waals surface area contributed by atoms with E-state index in [-0.39, 0.29) is 11.6 Å². The van der Waals surface area contributed by atoms with Gasteiger partial charge in [0.1, 0.15) is 11.4 Å². The number of aliphatic imine (C=N–C) groups is 1. The zero-order valence-electron chi connectivity index (χ0n) is 15.4. The minimum Gasteiger partial charge on any atom is -0.467 e. The van der Waals surface area contributed by atoms with Gasteiger partial charge in [0, 0.05) is 20.0 Å². The van der Waals surface area contributed by atoms with Crippen molar-refractivity contribution in [2.75, 3.05) is 13.6 Å². The molecule has 0 unspecified atom stereocenters. The maximum Gasteiger partial charge on any atom is 0.306 e. The molecule has 0 fully saturated rings. The normalized spacial score (nSPS) is 12.1. The van der Waals surface area contributed by atoms with Crippen molar-refractivity contribution < 1.29 is 13.9 Å². The van der Waals surface area contributed by atoms with Crippen LogP contribution in [0.4, 0.5) is 0 Å². The Kier molecular flexibility index (Phi) is 8.97. The fourth-order valence-corrected chi connectivity index (χ4v) is 2.15. The quantitative estimate of drug-likeness (QED) is 0.313. The highest BCUT2D eigenvalue weighted by Crippen LogP contribution is 2.10. The lowest BCUT2D eigenvalue weighted by atomic mass is 10.1. The highest BCUT2D eigenvalue weighted by atomic mass is 16.6. The number of nitrogens with one attached hydrogen (secondary N) is 2. The molecular formula is C18H31N3O3. The summed E-state index contributed by atoms with van der Waals surface area (Å²) in [7, 11) is 1.75. The van der Waals surface area contributed by atoms with Crippen LogP contribution in [-0.2, 0) is 16.1 Å². The van der Waals surface area contributed by atoms with E-state index in [1.807, 2.05) is 32.9 Å². The molecule has 0 saturated carbocycles. The molecule has 136 valence electrons. The number of guanidine groups is 1. The Morgan fingerprint density at radius 1 is 1.21 bits per heavy atom. The molecule has 0 radical (unpaired) electrons. The molecule has 24 heavy (non-hydrogen) atoms. The number of hydrogen-bond acceptors (Lipinski definition) is 4. The van der Waals surface area contributed by atoms with Crippen molar-refractivity contribution in [3.05, 3.63) is 24.2 Å². The summed E-state index contributed by atoms with van der Waals surface area (Å²) in [5, 5.41) is 6.46. The third-order valence-electron chi connectivity index (χ3n) is 3.25. The Bertz CT molecular complexity index is 490. The first-order valence-electron chi connectivity index (χ1n) is 8.59. The molecular weight excluding hydrogens is 306 g/mol. The van der Waals surface area contributed by atoms with Gasteiger partial charge in [-0.25, -0.2) is 0 Å². The molecule has 1 rings (SSSR count). The van der Waals surface area contributed by atoms with Gasteiger partial charge < -0.3 is 19.8 Å². The minimum absolute atomic E-state index is 0.108. The van der Waals surface area contributed by atoms with E-state index in [4.69, 9.17) is 9.15 Å². The number of hydrogen-bond donors (Lipinski definition) is 2. The number of esters is 1. The van der Waals surface area contributed by atoms with E-state index in [9.17, 15) is 4.79 Å². The average molecular weight is 337 g/mol. The van der Waals surface area contributed by atoms with Crippen LogP contribution in [0.2, 0.25) is 0 Å². The molecule has 0 bridgehead atoms. The molecule has 2 N–H and O–H groups in total. The maximum absolute atomic E-state index is 11.6. The second-order valence-electron chi connectivity index (χ2n) is 6.68. The first-order valence-corrected chi connectivity index (χ1v) is 8.59. The number of furan rings is 1. The molecule has 0 aliphatic rings. The topological polar surface area (TPSA) is 75.9 Å². The summed E-state index contributed by atoms with van der Waals surface area (Å²) < 4.78 is 10.6. The molecule has 1 heterocycles. The molecule has 1 aromatic rings. The van der Waals surface area contributed by atoms with Crippen LogP contribution < -0.4 is 10.6 Å². The highest BCUT2D eigenvalue weighted by Gasteiger charge is 2.15. The molecule has 0 atom stereocenters. The van der Waals surface area contributed by atoms with E-state index in [0.29, 0.717) is 13.0 Å². The van der Waals surface area contributed by atoms with E-state index in [0.717, 1.165) is 43.9 Å². The van der Waals surface area contributed by atoms with Gasteiger partial charge >= 0.3 is 5.97 Å². The Morgan fingerprint density at radius 3 is 2.58 bits per heavy atom. The lowest BCUT2D eigenvalue weighted by Gasteiger charge is -2.19. The Labute approximate surface area is 145 Å². The van der Waals surface area contributed by atoms with Crippen LogP contribution in [0.5, 0.6) is 0 Å². The number of ether oxygens (including phenoxy) is 1. The molecule has 0 aliphatic carbocycles. The molecule has 0 aliphatic heterocycles. The summed E-state index contributed by atoms with van der Waals surface area (Å²) in [6.45, 7) is 7.14. The van der Waals surface area contributed by atoms with Gasteiger partial charge in [-0.3, -0.25) is 9.79 Å². The fraction of sp³-hybridized carbons (Fsp3) is 0.667. The van der Waals surface area contributed by atoms with Crippen molar-refractivity contribution in [1.29, 1.82) is 0 Å². The highest BCUT2D eigenvalue weighted by molar-refractivity contribution is 5.79.